The lowest BCUT2D eigenvalue weighted by Crippen LogP contribution is -2.41. The Bertz CT molecular complexity index is 581. The van der Waals surface area contributed by atoms with Gasteiger partial charge < -0.3 is 4.90 Å². The lowest BCUT2D eigenvalue weighted by molar-refractivity contribution is 0.292. The normalized spacial score (nSPS) is 23.1. The van der Waals surface area contributed by atoms with E-state index < -0.39 is 9.84 Å². The minimum atomic E-state index is -2.83. The van der Waals surface area contributed by atoms with E-state index in [1.165, 1.54) is 5.56 Å². The van der Waals surface area contributed by atoms with Crippen LogP contribution < -0.4 is 0 Å². The van der Waals surface area contributed by atoms with Crippen LogP contribution in [0.4, 0.5) is 0 Å². The summed E-state index contributed by atoms with van der Waals surface area (Å²) in [5.74, 6) is 1.07. The maximum atomic E-state index is 11.4. The first-order valence-corrected chi connectivity index (χ1v) is 8.03. The van der Waals surface area contributed by atoms with Crippen LogP contribution in [0.1, 0.15) is 24.0 Å². The van der Waals surface area contributed by atoms with Crippen molar-refractivity contribution in [2.75, 3.05) is 11.5 Å². The predicted octanol–water partition coefficient (Wildman–Crippen LogP) is 1.40. The van der Waals surface area contributed by atoms with Gasteiger partial charge in [0.2, 0.25) is 0 Å². The number of hydrogen-bond donors (Lipinski definition) is 1. The molecular weight excluding hydrogens is 248 g/mol. The zero-order valence-corrected chi connectivity index (χ0v) is 10.9. The predicted molar refractivity (Wildman–Crippen MR) is 70.5 cm³/mol. The summed E-state index contributed by atoms with van der Waals surface area (Å²) in [6.45, 7) is 0.750. The van der Waals surface area contributed by atoms with Crippen LogP contribution in [0.5, 0.6) is 0 Å². The Morgan fingerprint density at radius 1 is 1.17 bits per heavy atom. The van der Waals surface area contributed by atoms with Crippen molar-refractivity contribution in [2.45, 2.75) is 25.4 Å². The highest BCUT2D eigenvalue weighted by atomic mass is 32.2. The van der Waals surface area contributed by atoms with E-state index in [0.717, 1.165) is 12.1 Å². The van der Waals surface area contributed by atoms with Crippen LogP contribution in [0.15, 0.2) is 24.3 Å². The minimum absolute atomic E-state index is 0.202. The molecule has 2 heterocycles. The lowest BCUT2D eigenvalue weighted by atomic mass is 10.1. The molecule has 0 atom stereocenters. The second-order valence-corrected chi connectivity index (χ2v) is 7.32. The molecule has 1 fully saturated rings. The second kappa shape index (κ2) is 4.09. The van der Waals surface area contributed by atoms with Crippen LogP contribution >= 0.6 is 0 Å². The van der Waals surface area contributed by atoms with Gasteiger partial charge >= 0.3 is 0 Å². The smallest absolute Gasteiger partial charge is 0.150 e. The third-order valence-electron chi connectivity index (χ3n) is 3.87. The SMILES string of the molecule is N=C1c2ccccc2CN1C1CCS(=O)(=O)CC1. The largest absolute Gasteiger partial charge is 0.349 e. The summed E-state index contributed by atoms with van der Waals surface area (Å²) in [4.78, 5) is 2.05. The Morgan fingerprint density at radius 3 is 2.50 bits per heavy atom. The van der Waals surface area contributed by atoms with Crippen molar-refractivity contribution in [1.82, 2.24) is 4.90 Å². The van der Waals surface area contributed by atoms with Crippen molar-refractivity contribution < 1.29 is 8.42 Å². The summed E-state index contributed by atoms with van der Waals surface area (Å²) in [5.41, 5.74) is 2.17. The van der Waals surface area contributed by atoms with Gasteiger partial charge in [-0.25, -0.2) is 8.42 Å². The van der Waals surface area contributed by atoms with Crippen LogP contribution in [0, 0.1) is 5.41 Å². The minimum Gasteiger partial charge on any atom is -0.349 e. The average molecular weight is 264 g/mol. The van der Waals surface area contributed by atoms with E-state index >= 15 is 0 Å². The molecule has 1 aromatic rings. The van der Waals surface area contributed by atoms with Crippen LogP contribution in [0.3, 0.4) is 0 Å². The molecule has 1 saturated heterocycles. The Balaban J connectivity index is 1.79. The number of benzene rings is 1. The van der Waals surface area contributed by atoms with Gasteiger partial charge in [-0.05, 0) is 18.4 Å². The zero-order valence-electron chi connectivity index (χ0n) is 10.1. The summed E-state index contributed by atoms with van der Waals surface area (Å²) in [7, 11) is -2.83. The van der Waals surface area contributed by atoms with Gasteiger partial charge in [0, 0.05) is 18.2 Å². The molecule has 0 bridgehead atoms. The van der Waals surface area contributed by atoms with Gasteiger partial charge in [-0.1, -0.05) is 24.3 Å². The first kappa shape index (κ1) is 11.7. The highest BCUT2D eigenvalue weighted by Crippen LogP contribution is 2.28. The Labute approximate surface area is 107 Å². The summed E-state index contributed by atoms with van der Waals surface area (Å²) in [6, 6.07) is 8.15. The van der Waals surface area contributed by atoms with Crippen molar-refractivity contribution in [1.29, 1.82) is 5.41 Å². The van der Waals surface area contributed by atoms with Gasteiger partial charge in [0.1, 0.15) is 15.7 Å². The van der Waals surface area contributed by atoms with E-state index in [9.17, 15) is 8.42 Å². The van der Waals surface area contributed by atoms with E-state index in [0.29, 0.717) is 18.7 Å². The van der Waals surface area contributed by atoms with E-state index in [4.69, 9.17) is 5.41 Å². The summed E-state index contributed by atoms with van der Waals surface area (Å²) >= 11 is 0. The molecule has 0 unspecified atom stereocenters. The third kappa shape index (κ3) is 1.92. The number of fused-ring (bicyclic) bond motifs is 1. The molecule has 0 aromatic heterocycles. The molecule has 0 radical (unpaired) electrons. The molecular formula is C13H16N2O2S. The van der Waals surface area contributed by atoms with Crippen LogP contribution in [-0.2, 0) is 16.4 Å². The summed E-state index contributed by atoms with van der Waals surface area (Å²) in [6.07, 6.45) is 1.30. The fraction of sp³-hybridized carbons (Fsp3) is 0.462. The van der Waals surface area contributed by atoms with Crippen LogP contribution in [0.25, 0.3) is 0 Å². The van der Waals surface area contributed by atoms with Crippen molar-refractivity contribution in [3.05, 3.63) is 35.4 Å². The number of nitrogens with zero attached hydrogens (tertiary/aromatic N) is 1. The number of sulfone groups is 1. The van der Waals surface area contributed by atoms with E-state index in [1.54, 1.807) is 0 Å². The molecule has 2 aliphatic rings. The first-order valence-electron chi connectivity index (χ1n) is 6.21. The van der Waals surface area contributed by atoms with Crippen molar-refractivity contribution in [3.8, 4) is 0 Å². The monoisotopic (exact) mass is 264 g/mol. The first-order chi connectivity index (χ1) is 8.57. The van der Waals surface area contributed by atoms with Crippen LogP contribution in [0.2, 0.25) is 0 Å². The van der Waals surface area contributed by atoms with Gasteiger partial charge in [-0.3, -0.25) is 5.41 Å². The molecule has 18 heavy (non-hydrogen) atoms. The van der Waals surface area contributed by atoms with E-state index in [-0.39, 0.29) is 17.5 Å². The topological polar surface area (TPSA) is 61.2 Å². The molecule has 3 rings (SSSR count). The number of amidine groups is 1. The summed E-state index contributed by atoms with van der Waals surface area (Å²) in [5, 5.41) is 8.20. The van der Waals surface area contributed by atoms with Gasteiger partial charge in [0.15, 0.2) is 0 Å². The van der Waals surface area contributed by atoms with Crippen molar-refractivity contribution >= 4 is 15.7 Å². The van der Waals surface area contributed by atoms with Crippen molar-refractivity contribution in [2.24, 2.45) is 0 Å². The van der Waals surface area contributed by atoms with Crippen LogP contribution in [-0.4, -0.2) is 36.7 Å². The molecule has 96 valence electrons. The van der Waals surface area contributed by atoms with Gasteiger partial charge in [-0.2, -0.15) is 0 Å². The molecule has 0 amide bonds. The molecule has 2 aliphatic heterocycles. The Kier molecular flexibility index (Phi) is 2.66. The van der Waals surface area contributed by atoms with E-state index in [2.05, 4.69) is 4.90 Å². The Hall–Kier alpha value is -1.36. The highest BCUT2D eigenvalue weighted by molar-refractivity contribution is 7.91. The standard InChI is InChI=1S/C13H16N2O2S/c14-13-12-4-2-1-3-10(12)9-15(13)11-5-7-18(16,17)8-6-11/h1-4,11,14H,5-9H2. The number of rotatable bonds is 1. The zero-order chi connectivity index (χ0) is 12.8. The average Bonchev–Trinajstić information content (AvgIpc) is 2.68. The molecule has 1 aromatic carbocycles. The van der Waals surface area contributed by atoms with Gasteiger partial charge in [0.05, 0.1) is 11.5 Å². The second-order valence-electron chi connectivity index (χ2n) is 5.02. The number of hydrogen-bond acceptors (Lipinski definition) is 3. The van der Waals surface area contributed by atoms with Gasteiger partial charge in [-0.15, -0.1) is 0 Å². The molecule has 5 heteroatoms. The molecule has 0 saturated carbocycles. The summed E-state index contributed by atoms with van der Waals surface area (Å²) < 4.78 is 22.9. The fourth-order valence-corrected chi connectivity index (χ4v) is 4.27. The number of nitrogens with one attached hydrogen (secondary N) is 1. The maximum Gasteiger partial charge on any atom is 0.150 e. The highest BCUT2D eigenvalue weighted by Gasteiger charge is 2.33. The fourth-order valence-electron chi connectivity index (χ4n) is 2.81. The van der Waals surface area contributed by atoms with Crippen molar-refractivity contribution in [3.63, 3.8) is 0 Å². The molecule has 4 nitrogen and oxygen atoms in total. The molecule has 1 N–H and O–H groups in total. The molecule has 0 spiro atoms. The Morgan fingerprint density at radius 2 is 1.83 bits per heavy atom. The lowest BCUT2D eigenvalue weighted by Gasteiger charge is -2.32. The quantitative estimate of drug-likeness (QED) is 0.834. The van der Waals surface area contributed by atoms with E-state index in [1.807, 2.05) is 24.3 Å². The van der Waals surface area contributed by atoms with Gasteiger partial charge in [0.25, 0.3) is 0 Å². The molecule has 0 aliphatic carbocycles. The maximum absolute atomic E-state index is 11.4. The third-order valence-corrected chi connectivity index (χ3v) is 5.58.